The number of hydrogen-bond donors (Lipinski definition) is 0. The Labute approximate surface area is 170 Å². The number of amides is 1. The van der Waals surface area contributed by atoms with Crippen molar-refractivity contribution < 1.29 is 17.9 Å². The van der Waals surface area contributed by atoms with Crippen LogP contribution in [0.1, 0.15) is 17.5 Å². The summed E-state index contributed by atoms with van der Waals surface area (Å²) in [6.45, 7) is 0.329. The summed E-state index contributed by atoms with van der Waals surface area (Å²) in [4.78, 5) is 14.6. The number of methoxy groups -OCH3 is 1. The lowest BCUT2D eigenvalue weighted by Crippen LogP contribution is -2.39. The predicted octanol–water partition coefficient (Wildman–Crippen LogP) is 3.58. The minimum Gasteiger partial charge on any atom is -0.497 e. The topological polar surface area (TPSA) is 63.7 Å². The third-order valence-electron chi connectivity index (χ3n) is 4.75. The van der Waals surface area contributed by atoms with Crippen LogP contribution < -0.4 is 4.74 Å². The standard InChI is InChI=1S/C21H22ClNO4S/c1-27-19-9-6-16(7-10-19)14-23(18-12-13-28(25,26)15-18)21(24)11-8-17-4-2-3-5-20(17)22/h2-11,18H,12-15H2,1H3/b11-8+/t18-/m1/s1. The number of ether oxygens (including phenoxy) is 1. The van der Waals surface area contributed by atoms with E-state index in [1.165, 1.54) is 6.08 Å². The summed E-state index contributed by atoms with van der Waals surface area (Å²) in [6.07, 6.45) is 3.56. The molecule has 0 aliphatic carbocycles. The van der Waals surface area contributed by atoms with Crippen LogP contribution in [0.2, 0.25) is 5.02 Å². The molecule has 3 rings (SSSR count). The van der Waals surface area contributed by atoms with Crippen molar-refractivity contribution in [2.24, 2.45) is 0 Å². The maximum atomic E-state index is 12.9. The van der Waals surface area contributed by atoms with Gasteiger partial charge in [0.05, 0.1) is 18.6 Å². The number of benzene rings is 2. The van der Waals surface area contributed by atoms with Crippen molar-refractivity contribution >= 4 is 33.4 Å². The van der Waals surface area contributed by atoms with Crippen LogP contribution in [-0.2, 0) is 21.2 Å². The highest BCUT2D eigenvalue weighted by Crippen LogP contribution is 2.22. The van der Waals surface area contributed by atoms with Gasteiger partial charge in [-0.2, -0.15) is 0 Å². The van der Waals surface area contributed by atoms with E-state index in [-0.39, 0.29) is 23.5 Å². The average Bonchev–Trinajstić information content (AvgIpc) is 3.05. The Morgan fingerprint density at radius 2 is 1.93 bits per heavy atom. The summed E-state index contributed by atoms with van der Waals surface area (Å²) in [5.41, 5.74) is 1.64. The second kappa shape index (κ2) is 8.80. The van der Waals surface area contributed by atoms with Crippen LogP contribution in [0.5, 0.6) is 5.75 Å². The zero-order valence-corrected chi connectivity index (χ0v) is 17.1. The van der Waals surface area contributed by atoms with Crippen molar-refractivity contribution in [1.82, 2.24) is 4.90 Å². The van der Waals surface area contributed by atoms with E-state index in [0.717, 1.165) is 16.9 Å². The van der Waals surface area contributed by atoms with Crippen molar-refractivity contribution in [3.05, 3.63) is 70.8 Å². The van der Waals surface area contributed by atoms with Gasteiger partial charge in [0.2, 0.25) is 5.91 Å². The van der Waals surface area contributed by atoms with Crippen LogP contribution in [0, 0.1) is 0 Å². The van der Waals surface area contributed by atoms with Crippen LogP contribution in [0.4, 0.5) is 0 Å². The molecule has 2 aromatic rings. The molecular weight excluding hydrogens is 398 g/mol. The Morgan fingerprint density at radius 3 is 2.54 bits per heavy atom. The van der Waals surface area contributed by atoms with Crippen LogP contribution in [0.15, 0.2) is 54.6 Å². The first kappa shape index (κ1) is 20.4. The Kier molecular flexibility index (Phi) is 6.42. The molecule has 1 amide bonds. The molecule has 0 radical (unpaired) electrons. The van der Waals surface area contributed by atoms with Crippen molar-refractivity contribution in [3.63, 3.8) is 0 Å². The van der Waals surface area contributed by atoms with Gasteiger partial charge in [0, 0.05) is 23.7 Å². The largest absolute Gasteiger partial charge is 0.497 e. The molecule has 1 aliphatic heterocycles. The van der Waals surface area contributed by atoms with E-state index < -0.39 is 9.84 Å². The molecule has 0 aromatic heterocycles. The molecule has 1 heterocycles. The van der Waals surface area contributed by atoms with Gasteiger partial charge in [0.25, 0.3) is 0 Å². The quantitative estimate of drug-likeness (QED) is 0.671. The minimum atomic E-state index is -3.11. The Bertz CT molecular complexity index is 970. The number of carbonyl (C=O) groups is 1. The summed E-state index contributed by atoms with van der Waals surface area (Å²) in [5.74, 6) is 0.592. The molecule has 28 heavy (non-hydrogen) atoms. The Morgan fingerprint density at radius 1 is 1.21 bits per heavy atom. The maximum absolute atomic E-state index is 12.9. The van der Waals surface area contributed by atoms with Gasteiger partial charge in [0.15, 0.2) is 9.84 Å². The molecule has 0 N–H and O–H groups in total. The van der Waals surface area contributed by atoms with Gasteiger partial charge in [0.1, 0.15) is 5.75 Å². The fraction of sp³-hybridized carbons (Fsp3) is 0.286. The van der Waals surface area contributed by atoms with Crippen molar-refractivity contribution in [1.29, 1.82) is 0 Å². The van der Waals surface area contributed by atoms with Crippen molar-refractivity contribution in [3.8, 4) is 5.75 Å². The molecule has 0 spiro atoms. The van der Waals surface area contributed by atoms with E-state index >= 15 is 0 Å². The first-order chi connectivity index (χ1) is 13.4. The summed E-state index contributed by atoms with van der Waals surface area (Å²) >= 11 is 6.14. The monoisotopic (exact) mass is 419 g/mol. The molecular formula is C21H22ClNO4S. The Balaban J connectivity index is 1.82. The molecule has 5 nitrogen and oxygen atoms in total. The van der Waals surface area contributed by atoms with Crippen molar-refractivity contribution in [2.75, 3.05) is 18.6 Å². The molecule has 1 fully saturated rings. The second-order valence-corrected chi connectivity index (χ2v) is 9.36. The van der Waals surface area contributed by atoms with Crippen LogP contribution in [0.25, 0.3) is 6.08 Å². The van der Waals surface area contributed by atoms with Gasteiger partial charge < -0.3 is 9.64 Å². The van der Waals surface area contributed by atoms with E-state index in [1.54, 1.807) is 24.2 Å². The van der Waals surface area contributed by atoms with Gasteiger partial charge in [-0.05, 0) is 41.8 Å². The van der Waals surface area contributed by atoms with E-state index in [9.17, 15) is 13.2 Å². The SMILES string of the molecule is COc1ccc(CN(C(=O)/C=C/c2ccccc2Cl)[C@@H]2CCS(=O)(=O)C2)cc1. The third kappa shape index (κ3) is 5.14. The highest BCUT2D eigenvalue weighted by Gasteiger charge is 2.34. The van der Waals surface area contributed by atoms with E-state index in [4.69, 9.17) is 16.3 Å². The second-order valence-electron chi connectivity index (χ2n) is 6.73. The van der Waals surface area contributed by atoms with Gasteiger partial charge >= 0.3 is 0 Å². The zero-order valence-electron chi connectivity index (χ0n) is 15.5. The van der Waals surface area contributed by atoms with Crippen molar-refractivity contribution in [2.45, 2.75) is 19.0 Å². The minimum absolute atomic E-state index is 0.00513. The van der Waals surface area contributed by atoms with Crippen LogP contribution in [-0.4, -0.2) is 43.9 Å². The summed E-state index contributed by atoms with van der Waals surface area (Å²) in [6, 6.07) is 14.3. The molecule has 0 bridgehead atoms. The molecule has 0 unspecified atom stereocenters. The number of sulfone groups is 1. The normalized spacial score (nSPS) is 18.3. The number of carbonyl (C=O) groups excluding carboxylic acids is 1. The fourth-order valence-electron chi connectivity index (χ4n) is 3.20. The maximum Gasteiger partial charge on any atom is 0.247 e. The number of hydrogen-bond acceptors (Lipinski definition) is 4. The van der Waals surface area contributed by atoms with Gasteiger partial charge in [-0.1, -0.05) is 41.9 Å². The van der Waals surface area contributed by atoms with Crippen LogP contribution >= 0.6 is 11.6 Å². The summed E-state index contributed by atoms with van der Waals surface area (Å²) in [7, 11) is -1.52. The first-order valence-electron chi connectivity index (χ1n) is 8.94. The highest BCUT2D eigenvalue weighted by molar-refractivity contribution is 7.91. The smallest absolute Gasteiger partial charge is 0.247 e. The molecule has 148 valence electrons. The highest BCUT2D eigenvalue weighted by atomic mass is 35.5. The van der Waals surface area contributed by atoms with E-state index in [1.807, 2.05) is 42.5 Å². The molecule has 2 aromatic carbocycles. The lowest BCUT2D eigenvalue weighted by atomic mass is 10.1. The summed E-state index contributed by atoms with van der Waals surface area (Å²) < 4.78 is 29.0. The Hall–Kier alpha value is -2.31. The molecule has 1 aliphatic rings. The number of rotatable bonds is 6. The summed E-state index contributed by atoms with van der Waals surface area (Å²) in [5, 5.41) is 0.552. The number of halogens is 1. The lowest BCUT2D eigenvalue weighted by molar-refractivity contribution is -0.128. The van der Waals surface area contributed by atoms with Gasteiger partial charge in [-0.25, -0.2) is 8.42 Å². The average molecular weight is 420 g/mol. The molecule has 1 atom stereocenters. The molecule has 0 saturated carbocycles. The van der Waals surface area contributed by atoms with Crippen LogP contribution in [0.3, 0.4) is 0 Å². The van der Waals surface area contributed by atoms with Gasteiger partial charge in [-0.15, -0.1) is 0 Å². The fourth-order valence-corrected chi connectivity index (χ4v) is 5.13. The van der Waals surface area contributed by atoms with E-state index in [2.05, 4.69) is 0 Å². The first-order valence-corrected chi connectivity index (χ1v) is 11.1. The zero-order chi connectivity index (χ0) is 20.1. The van der Waals surface area contributed by atoms with E-state index in [0.29, 0.717) is 18.0 Å². The molecule has 7 heteroatoms. The van der Waals surface area contributed by atoms with Gasteiger partial charge in [-0.3, -0.25) is 4.79 Å². The molecule has 1 saturated heterocycles. The third-order valence-corrected chi connectivity index (χ3v) is 6.85. The lowest BCUT2D eigenvalue weighted by Gasteiger charge is -2.27. The predicted molar refractivity (Wildman–Crippen MR) is 111 cm³/mol. The number of nitrogens with zero attached hydrogens (tertiary/aromatic N) is 1.